The van der Waals surface area contributed by atoms with Crippen LogP contribution >= 0.6 is 0 Å². The highest BCUT2D eigenvalue weighted by Gasteiger charge is 2.35. The van der Waals surface area contributed by atoms with E-state index in [2.05, 4.69) is 4.90 Å². The maximum Gasteiger partial charge on any atom is 0.123 e. The van der Waals surface area contributed by atoms with Crippen molar-refractivity contribution in [3.05, 3.63) is 35.6 Å². The number of halogens is 1. The highest BCUT2D eigenvalue weighted by molar-refractivity contribution is 5.20. The van der Waals surface area contributed by atoms with Crippen molar-refractivity contribution >= 4 is 0 Å². The van der Waals surface area contributed by atoms with Crippen LogP contribution in [0, 0.1) is 11.7 Å². The average molecular weight is 262 g/mol. The zero-order valence-corrected chi connectivity index (χ0v) is 11.4. The van der Waals surface area contributed by atoms with Crippen molar-refractivity contribution in [2.45, 2.75) is 44.2 Å². The molecule has 1 aromatic rings. The lowest BCUT2D eigenvalue weighted by molar-refractivity contribution is 0.174. The molecule has 2 aliphatic rings. The Balaban J connectivity index is 1.63. The molecule has 0 radical (unpaired) electrons. The summed E-state index contributed by atoms with van der Waals surface area (Å²) < 4.78 is 12.9. The molecule has 0 amide bonds. The summed E-state index contributed by atoms with van der Waals surface area (Å²) in [7, 11) is 0. The quantitative estimate of drug-likeness (QED) is 0.907. The molecule has 0 bridgehead atoms. The van der Waals surface area contributed by atoms with E-state index in [4.69, 9.17) is 5.73 Å². The van der Waals surface area contributed by atoms with Gasteiger partial charge in [-0.15, -0.1) is 0 Å². The predicted molar refractivity (Wildman–Crippen MR) is 75.3 cm³/mol. The molecule has 1 saturated heterocycles. The van der Waals surface area contributed by atoms with E-state index < -0.39 is 0 Å². The molecule has 2 fully saturated rings. The number of likely N-dealkylation sites (tertiary alicyclic amines) is 1. The van der Waals surface area contributed by atoms with Crippen LogP contribution in [0.25, 0.3) is 0 Å². The van der Waals surface area contributed by atoms with E-state index in [0.717, 1.165) is 24.1 Å². The van der Waals surface area contributed by atoms with E-state index in [1.807, 2.05) is 12.1 Å². The molecular weight excluding hydrogens is 239 g/mol. The first-order valence-electron chi connectivity index (χ1n) is 7.49. The minimum Gasteiger partial charge on any atom is -0.323 e. The molecule has 3 unspecified atom stereocenters. The molecule has 3 atom stereocenters. The normalized spacial score (nSPS) is 29.2. The molecule has 104 valence electrons. The Bertz CT molecular complexity index is 417. The Morgan fingerprint density at radius 3 is 2.68 bits per heavy atom. The maximum absolute atomic E-state index is 12.9. The van der Waals surface area contributed by atoms with Gasteiger partial charge in [0.25, 0.3) is 0 Å². The topological polar surface area (TPSA) is 29.3 Å². The van der Waals surface area contributed by atoms with Gasteiger partial charge in [-0.1, -0.05) is 25.0 Å². The van der Waals surface area contributed by atoms with Crippen molar-refractivity contribution in [3.63, 3.8) is 0 Å². The number of hydrogen-bond acceptors (Lipinski definition) is 2. The van der Waals surface area contributed by atoms with Crippen molar-refractivity contribution in [2.24, 2.45) is 11.7 Å². The lowest BCUT2D eigenvalue weighted by Gasteiger charge is -2.33. The molecular formula is C16H23FN2. The van der Waals surface area contributed by atoms with Gasteiger partial charge in [0, 0.05) is 18.6 Å². The molecule has 1 aliphatic carbocycles. The smallest absolute Gasteiger partial charge is 0.123 e. The fourth-order valence-electron chi connectivity index (χ4n) is 3.80. The second-order valence-electron chi connectivity index (χ2n) is 6.05. The number of nitrogens with two attached hydrogens (primary N) is 1. The van der Waals surface area contributed by atoms with Crippen molar-refractivity contribution in [2.75, 3.05) is 13.1 Å². The third-order valence-electron chi connectivity index (χ3n) is 4.85. The molecule has 0 aromatic heterocycles. The van der Waals surface area contributed by atoms with E-state index >= 15 is 0 Å². The summed E-state index contributed by atoms with van der Waals surface area (Å²) >= 11 is 0. The van der Waals surface area contributed by atoms with E-state index in [-0.39, 0.29) is 11.9 Å². The molecule has 2 nitrogen and oxygen atoms in total. The van der Waals surface area contributed by atoms with Crippen molar-refractivity contribution < 1.29 is 4.39 Å². The highest BCUT2D eigenvalue weighted by atomic mass is 19.1. The van der Waals surface area contributed by atoms with Crippen LogP contribution in [-0.4, -0.2) is 24.0 Å². The Kier molecular flexibility index (Phi) is 3.85. The second kappa shape index (κ2) is 5.59. The summed E-state index contributed by atoms with van der Waals surface area (Å²) in [6, 6.07) is 7.38. The van der Waals surface area contributed by atoms with E-state index in [9.17, 15) is 4.39 Å². The van der Waals surface area contributed by atoms with Crippen LogP contribution in [0.5, 0.6) is 0 Å². The molecule has 3 rings (SSSR count). The van der Waals surface area contributed by atoms with Crippen LogP contribution in [0.2, 0.25) is 0 Å². The monoisotopic (exact) mass is 262 g/mol. The van der Waals surface area contributed by atoms with Gasteiger partial charge in [-0.05, 0) is 49.4 Å². The zero-order chi connectivity index (χ0) is 13.2. The van der Waals surface area contributed by atoms with Gasteiger partial charge in [0.15, 0.2) is 0 Å². The second-order valence-corrected chi connectivity index (χ2v) is 6.05. The number of rotatable bonds is 3. The predicted octanol–water partition coefficient (Wildman–Crippen LogP) is 3.09. The first kappa shape index (κ1) is 13.1. The summed E-state index contributed by atoms with van der Waals surface area (Å²) in [6.45, 7) is 2.09. The van der Waals surface area contributed by atoms with Gasteiger partial charge in [0.1, 0.15) is 5.82 Å². The number of nitrogens with zero attached hydrogens (tertiary/aromatic N) is 1. The fraction of sp³-hybridized carbons (Fsp3) is 0.625. The highest BCUT2D eigenvalue weighted by Crippen LogP contribution is 2.36. The molecule has 1 aromatic carbocycles. The van der Waals surface area contributed by atoms with Crippen LogP contribution in [0.1, 0.15) is 43.7 Å². The SMILES string of the molecule is NC(CN1CCC2CCCCC21)c1ccc(F)cc1. The summed E-state index contributed by atoms with van der Waals surface area (Å²) in [5.41, 5.74) is 7.32. The Morgan fingerprint density at radius 2 is 1.89 bits per heavy atom. The summed E-state index contributed by atoms with van der Waals surface area (Å²) in [4.78, 5) is 2.57. The van der Waals surface area contributed by atoms with Crippen LogP contribution in [0.15, 0.2) is 24.3 Å². The maximum atomic E-state index is 12.9. The number of hydrogen-bond donors (Lipinski definition) is 1. The van der Waals surface area contributed by atoms with Crippen molar-refractivity contribution in [1.29, 1.82) is 0 Å². The molecule has 3 heteroatoms. The number of fused-ring (bicyclic) bond motifs is 1. The first-order valence-corrected chi connectivity index (χ1v) is 7.49. The van der Waals surface area contributed by atoms with Crippen LogP contribution < -0.4 is 5.73 Å². The third-order valence-corrected chi connectivity index (χ3v) is 4.85. The van der Waals surface area contributed by atoms with Gasteiger partial charge in [-0.25, -0.2) is 4.39 Å². The van der Waals surface area contributed by atoms with Crippen LogP contribution in [-0.2, 0) is 0 Å². The third kappa shape index (κ3) is 2.82. The molecule has 1 aliphatic heterocycles. The van der Waals surface area contributed by atoms with Crippen molar-refractivity contribution in [1.82, 2.24) is 4.90 Å². The minimum absolute atomic E-state index is 0.00118. The lowest BCUT2D eigenvalue weighted by Crippen LogP contribution is -2.39. The Hall–Kier alpha value is -0.930. The van der Waals surface area contributed by atoms with E-state index in [1.165, 1.54) is 50.8 Å². The van der Waals surface area contributed by atoms with Crippen molar-refractivity contribution in [3.8, 4) is 0 Å². The summed E-state index contributed by atoms with van der Waals surface area (Å²) in [5, 5.41) is 0. The Labute approximate surface area is 114 Å². The summed E-state index contributed by atoms with van der Waals surface area (Å²) in [6.07, 6.45) is 6.83. The molecule has 1 saturated carbocycles. The van der Waals surface area contributed by atoms with Gasteiger partial charge in [-0.2, -0.15) is 0 Å². The molecule has 2 N–H and O–H groups in total. The molecule has 0 spiro atoms. The van der Waals surface area contributed by atoms with Gasteiger partial charge in [0.2, 0.25) is 0 Å². The minimum atomic E-state index is -0.190. The van der Waals surface area contributed by atoms with E-state index in [1.54, 1.807) is 0 Å². The Morgan fingerprint density at radius 1 is 1.16 bits per heavy atom. The first-order chi connectivity index (χ1) is 9.24. The summed E-state index contributed by atoms with van der Waals surface area (Å²) in [5.74, 6) is 0.707. The molecule has 1 heterocycles. The van der Waals surface area contributed by atoms with Crippen LogP contribution in [0.4, 0.5) is 4.39 Å². The van der Waals surface area contributed by atoms with Gasteiger partial charge in [0.05, 0.1) is 0 Å². The van der Waals surface area contributed by atoms with Gasteiger partial charge >= 0.3 is 0 Å². The van der Waals surface area contributed by atoms with Gasteiger partial charge in [-0.3, -0.25) is 4.90 Å². The largest absolute Gasteiger partial charge is 0.323 e. The van der Waals surface area contributed by atoms with Crippen LogP contribution in [0.3, 0.4) is 0 Å². The fourth-order valence-corrected chi connectivity index (χ4v) is 3.80. The lowest BCUT2D eigenvalue weighted by atomic mass is 9.85. The van der Waals surface area contributed by atoms with Gasteiger partial charge < -0.3 is 5.73 Å². The number of benzene rings is 1. The zero-order valence-electron chi connectivity index (χ0n) is 11.4. The average Bonchev–Trinajstić information content (AvgIpc) is 2.83. The molecule has 19 heavy (non-hydrogen) atoms. The van der Waals surface area contributed by atoms with E-state index in [0.29, 0.717) is 0 Å². The standard InChI is InChI=1S/C16H23FN2/c17-14-7-5-12(6-8-14)15(18)11-19-10-9-13-3-1-2-4-16(13)19/h5-8,13,15-16H,1-4,9-11,18H2.